The van der Waals surface area contributed by atoms with Crippen LogP contribution in [0.2, 0.25) is 0 Å². The number of fused-ring (bicyclic) bond motifs is 1. The molecule has 0 saturated carbocycles. The maximum atomic E-state index is 13.2. The zero-order valence-electron chi connectivity index (χ0n) is 13.9. The Hall–Kier alpha value is -1.15. The van der Waals surface area contributed by atoms with Crippen molar-refractivity contribution in [3.05, 3.63) is 34.9 Å². The fourth-order valence-corrected chi connectivity index (χ4v) is 4.67. The van der Waals surface area contributed by atoms with Gasteiger partial charge in [-0.05, 0) is 42.3 Å². The van der Waals surface area contributed by atoms with E-state index in [1.807, 2.05) is 6.07 Å². The lowest BCUT2D eigenvalue weighted by atomic mass is 9.70. The third-order valence-corrected chi connectivity index (χ3v) is 5.60. The topological polar surface area (TPSA) is 20.3 Å². The van der Waals surface area contributed by atoms with E-state index in [1.165, 1.54) is 11.1 Å². The molecular formula is C19H27NO. The first kappa shape index (κ1) is 14.8. The van der Waals surface area contributed by atoms with Crippen LogP contribution in [-0.2, 0) is 6.42 Å². The lowest BCUT2D eigenvalue weighted by molar-refractivity contribution is 0.0729. The Morgan fingerprint density at radius 2 is 1.95 bits per heavy atom. The van der Waals surface area contributed by atoms with Crippen molar-refractivity contribution in [2.24, 2.45) is 17.3 Å². The molecular weight excluding hydrogens is 258 g/mol. The average molecular weight is 285 g/mol. The van der Waals surface area contributed by atoms with Crippen LogP contribution >= 0.6 is 0 Å². The maximum Gasteiger partial charge on any atom is 0.171 e. The second kappa shape index (κ2) is 4.95. The minimum atomic E-state index is -0.170. The molecule has 2 heteroatoms. The number of benzene rings is 1. The molecule has 0 N–H and O–H groups in total. The van der Waals surface area contributed by atoms with Crippen LogP contribution in [0.1, 0.15) is 55.1 Å². The van der Waals surface area contributed by atoms with Crippen LogP contribution in [0.25, 0.3) is 0 Å². The molecule has 114 valence electrons. The number of hydrogen-bond donors (Lipinski definition) is 0. The summed E-state index contributed by atoms with van der Waals surface area (Å²) < 4.78 is 0. The summed E-state index contributed by atoms with van der Waals surface area (Å²) in [5.41, 5.74) is 3.53. The molecule has 0 radical (unpaired) electrons. The minimum Gasteiger partial charge on any atom is -0.305 e. The molecule has 1 aliphatic heterocycles. The van der Waals surface area contributed by atoms with E-state index in [4.69, 9.17) is 0 Å². The summed E-state index contributed by atoms with van der Waals surface area (Å²) in [6, 6.07) is 6.32. The number of likely N-dealkylation sites (tertiary alicyclic amines) is 1. The molecule has 2 nitrogen and oxygen atoms in total. The Morgan fingerprint density at radius 1 is 1.24 bits per heavy atom. The Kier molecular flexibility index (Phi) is 3.48. The van der Waals surface area contributed by atoms with Crippen LogP contribution in [0, 0.1) is 17.3 Å². The molecule has 3 rings (SSSR count). The van der Waals surface area contributed by atoms with Crippen molar-refractivity contribution in [1.82, 2.24) is 4.90 Å². The molecule has 1 fully saturated rings. The lowest BCUT2D eigenvalue weighted by Gasteiger charge is -2.31. The third-order valence-electron chi connectivity index (χ3n) is 5.60. The number of Topliss-reactive ketones (excluding diaryl/α,β-unsaturated/α-hetero) is 1. The number of carbonyl (C=O) groups is 1. The first-order chi connectivity index (χ1) is 9.86. The molecule has 1 saturated heterocycles. The minimum absolute atomic E-state index is 0.170. The van der Waals surface area contributed by atoms with Crippen LogP contribution in [0.4, 0.5) is 0 Å². The molecule has 1 aromatic rings. The molecule has 2 aliphatic rings. The first-order valence-corrected chi connectivity index (χ1v) is 8.22. The summed E-state index contributed by atoms with van der Waals surface area (Å²) >= 11 is 0. The van der Waals surface area contributed by atoms with Crippen LogP contribution in [0.3, 0.4) is 0 Å². The maximum absolute atomic E-state index is 13.2. The average Bonchev–Trinajstić information content (AvgIpc) is 2.89. The second-order valence-electron chi connectivity index (χ2n) is 7.74. The highest BCUT2D eigenvalue weighted by atomic mass is 16.1. The van der Waals surface area contributed by atoms with E-state index in [0.717, 1.165) is 25.1 Å². The van der Waals surface area contributed by atoms with E-state index >= 15 is 0 Å². The van der Waals surface area contributed by atoms with Gasteiger partial charge in [-0.15, -0.1) is 0 Å². The molecule has 21 heavy (non-hydrogen) atoms. The summed E-state index contributed by atoms with van der Waals surface area (Å²) in [6.45, 7) is 11.0. The van der Waals surface area contributed by atoms with Crippen LogP contribution < -0.4 is 0 Å². The van der Waals surface area contributed by atoms with E-state index in [1.54, 1.807) is 0 Å². The van der Waals surface area contributed by atoms with Gasteiger partial charge in [-0.1, -0.05) is 45.9 Å². The van der Waals surface area contributed by atoms with Crippen LogP contribution in [0.15, 0.2) is 18.2 Å². The van der Waals surface area contributed by atoms with Gasteiger partial charge in [-0.2, -0.15) is 0 Å². The van der Waals surface area contributed by atoms with E-state index in [0.29, 0.717) is 23.5 Å². The predicted molar refractivity (Wildman–Crippen MR) is 86.8 cm³/mol. The fourth-order valence-electron chi connectivity index (χ4n) is 4.67. The third kappa shape index (κ3) is 2.07. The highest BCUT2D eigenvalue weighted by molar-refractivity contribution is 6.06. The highest BCUT2D eigenvalue weighted by Gasteiger charge is 2.56. The van der Waals surface area contributed by atoms with Crippen LogP contribution in [-0.4, -0.2) is 30.8 Å². The van der Waals surface area contributed by atoms with Gasteiger partial charge in [0.2, 0.25) is 0 Å². The molecule has 2 unspecified atom stereocenters. The van der Waals surface area contributed by atoms with Gasteiger partial charge in [0, 0.05) is 18.7 Å². The van der Waals surface area contributed by atoms with Crippen LogP contribution in [0.5, 0.6) is 0 Å². The van der Waals surface area contributed by atoms with Crippen molar-refractivity contribution in [3.8, 4) is 0 Å². The largest absolute Gasteiger partial charge is 0.305 e. The van der Waals surface area contributed by atoms with Gasteiger partial charge < -0.3 is 4.90 Å². The van der Waals surface area contributed by atoms with Gasteiger partial charge in [-0.25, -0.2) is 0 Å². The molecule has 0 amide bonds. The number of carbonyl (C=O) groups excluding carboxylic acids is 1. The number of rotatable bonds is 2. The van der Waals surface area contributed by atoms with Gasteiger partial charge in [-0.3, -0.25) is 4.79 Å². The SMILES string of the molecule is CC(C)c1cccc2c1CC1(CN(C)CC1C(C)C)C2=O. The van der Waals surface area contributed by atoms with Crippen molar-refractivity contribution >= 4 is 5.78 Å². The Balaban J connectivity index is 2.09. The lowest BCUT2D eigenvalue weighted by Crippen LogP contribution is -2.38. The normalized spacial score (nSPS) is 29.1. The Bertz CT molecular complexity index is 575. The molecule has 2 atom stereocenters. The van der Waals surface area contributed by atoms with Gasteiger partial charge in [0.05, 0.1) is 5.41 Å². The standard InChI is InChI=1S/C19H27NO/c1-12(2)14-7-6-8-15-16(14)9-19(18(15)21)11-20(5)10-17(19)13(3)4/h6-8,12-13,17H,9-11H2,1-5H3. The molecule has 1 heterocycles. The van der Waals surface area contributed by atoms with Gasteiger partial charge in [0.1, 0.15) is 0 Å². The summed E-state index contributed by atoms with van der Waals surface area (Å²) in [5, 5.41) is 0. The molecule has 1 aliphatic carbocycles. The number of ketones is 1. The molecule has 1 aromatic carbocycles. The Morgan fingerprint density at radius 3 is 2.57 bits per heavy atom. The van der Waals surface area contributed by atoms with E-state index < -0.39 is 0 Å². The summed E-state index contributed by atoms with van der Waals surface area (Å²) in [4.78, 5) is 15.6. The van der Waals surface area contributed by atoms with Gasteiger partial charge in [0.25, 0.3) is 0 Å². The van der Waals surface area contributed by atoms with E-state index in [-0.39, 0.29) is 5.41 Å². The van der Waals surface area contributed by atoms with Gasteiger partial charge >= 0.3 is 0 Å². The second-order valence-corrected chi connectivity index (χ2v) is 7.74. The van der Waals surface area contributed by atoms with Crippen molar-refractivity contribution < 1.29 is 4.79 Å². The smallest absolute Gasteiger partial charge is 0.171 e. The van der Waals surface area contributed by atoms with E-state index in [9.17, 15) is 4.79 Å². The summed E-state index contributed by atoms with van der Waals surface area (Å²) in [6.07, 6.45) is 0.947. The fraction of sp³-hybridized carbons (Fsp3) is 0.632. The van der Waals surface area contributed by atoms with Crippen molar-refractivity contribution in [2.45, 2.75) is 40.0 Å². The molecule has 1 spiro atoms. The summed E-state index contributed by atoms with van der Waals surface area (Å²) in [7, 11) is 2.16. The quantitative estimate of drug-likeness (QED) is 0.825. The molecule has 0 aromatic heterocycles. The summed E-state index contributed by atoms with van der Waals surface area (Å²) in [5.74, 6) is 1.92. The van der Waals surface area contributed by atoms with Crippen molar-refractivity contribution in [1.29, 1.82) is 0 Å². The predicted octanol–water partition coefficient (Wildman–Crippen LogP) is 3.75. The van der Waals surface area contributed by atoms with Crippen molar-refractivity contribution in [3.63, 3.8) is 0 Å². The highest BCUT2D eigenvalue weighted by Crippen LogP contribution is 2.50. The monoisotopic (exact) mass is 285 g/mol. The van der Waals surface area contributed by atoms with Crippen molar-refractivity contribution in [2.75, 3.05) is 20.1 Å². The molecule has 0 bridgehead atoms. The number of nitrogens with zero attached hydrogens (tertiary/aromatic N) is 1. The Labute approximate surface area is 128 Å². The first-order valence-electron chi connectivity index (χ1n) is 8.22. The zero-order chi connectivity index (χ0) is 15.4. The van der Waals surface area contributed by atoms with Gasteiger partial charge in [0.15, 0.2) is 5.78 Å². The number of hydrogen-bond acceptors (Lipinski definition) is 2. The zero-order valence-corrected chi connectivity index (χ0v) is 13.9. The van der Waals surface area contributed by atoms with E-state index in [2.05, 4.69) is 51.8 Å².